The lowest BCUT2D eigenvalue weighted by molar-refractivity contribution is -0.110. The van der Waals surface area contributed by atoms with Gasteiger partial charge in [0.2, 0.25) is 0 Å². The van der Waals surface area contributed by atoms with Crippen molar-refractivity contribution in [3.05, 3.63) is 76.9 Å². The number of aliphatic hydroxyl groups is 1. The number of hydrogen-bond donors (Lipinski definition) is 4. The van der Waals surface area contributed by atoms with Crippen LogP contribution in [0.25, 0.3) is 22.8 Å². The molecule has 5 rings (SSSR count). The van der Waals surface area contributed by atoms with Gasteiger partial charge in [0.25, 0.3) is 11.8 Å². The number of H-pyrrole nitrogens is 1. The van der Waals surface area contributed by atoms with Gasteiger partial charge in [0.05, 0.1) is 22.9 Å². The molecule has 0 bridgehead atoms. The van der Waals surface area contributed by atoms with Crippen molar-refractivity contribution in [2.24, 2.45) is 0 Å². The van der Waals surface area contributed by atoms with E-state index in [-0.39, 0.29) is 24.2 Å². The molecule has 36 heavy (non-hydrogen) atoms. The van der Waals surface area contributed by atoms with Crippen LogP contribution in [-0.2, 0) is 4.79 Å². The molecule has 2 aromatic carbocycles. The van der Waals surface area contributed by atoms with Gasteiger partial charge in [-0.2, -0.15) is 0 Å². The van der Waals surface area contributed by atoms with Crippen molar-refractivity contribution >= 4 is 29.2 Å². The number of benzene rings is 2. The van der Waals surface area contributed by atoms with Crippen LogP contribution in [0.5, 0.6) is 0 Å². The fourth-order valence-electron chi connectivity index (χ4n) is 4.97. The molecule has 1 saturated heterocycles. The van der Waals surface area contributed by atoms with Crippen LogP contribution < -0.4 is 10.6 Å². The number of aromatic amines is 1. The molecule has 2 aliphatic rings. The molecule has 0 saturated carbocycles. The summed E-state index contributed by atoms with van der Waals surface area (Å²) in [6, 6.07) is 13.4. The van der Waals surface area contributed by atoms with Gasteiger partial charge in [-0.25, -0.2) is 4.39 Å². The van der Waals surface area contributed by atoms with Gasteiger partial charge in [-0.3, -0.25) is 9.59 Å². The number of nitrogens with one attached hydrogen (secondary N) is 3. The number of nitrogens with zero attached hydrogens (tertiary/aromatic N) is 1. The Morgan fingerprint density at radius 3 is 2.75 bits per heavy atom. The zero-order chi connectivity index (χ0) is 25.2. The van der Waals surface area contributed by atoms with Gasteiger partial charge in [0, 0.05) is 30.0 Å². The minimum absolute atomic E-state index is 0.141. The van der Waals surface area contributed by atoms with Crippen LogP contribution in [0.15, 0.2) is 48.5 Å². The summed E-state index contributed by atoms with van der Waals surface area (Å²) in [4.78, 5) is 31.3. The smallest absolute Gasteiger partial charge is 0.256 e. The predicted molar refractivity (Wildman–Crippen MR) is 138 cm³/mol. The SMILES string of the molecule is Cc1cc(C(=O)NCC(O)CN2CCCC2)c(C=C2C(=O)Nc3cccc(-c4cccc(F)c4)c32)[nH]1. The Morgan fingerprint density at radius 1 is 1.19 bits per heavy atom. The van der Waals surface area contributed by atoms with E-state index in [1.54, 1.807) is 30.3 Å². The second-order valence-corrected chi connectivity index (χ2v) is 9.40. The lowest BCUT2D eigenvalue weighted by Crippen LogP contribution is -2.39. The minimum atomic E-state index is -0.657. The van der Waals surface area contributed by atoms with Crippen LogP contribution in [0.3, 0.4) is 0 Å². The lowest BCUT2D eigenvalue weighted by Gasteiger charge is -2.19. The number of fused-ring (bicyclic) bond motifs is 1. The monoisotopic (exact) mass is 488 g/mol. The number of likely N-dealkylation sites (tertiary alicyclic amines) is 1. The van der Waals surface area contributed by atoms with E-state index in [0.29, 0.717) is 40.2 Å². The van der Waals surface area contributed by atoms with Crippen LogP contribution in [0.4, 0.5) is 10.1 Å². The molecule has 1 aromatic heterocycles. The summed E-state index contributed by atoms with van der Waals surface area (Å²) in [6.07, 6.45) is 3.27. The van der Waals surface area contributed by atoms with Gasteiger partial charge in [-0.15, -0.1) is 0 Å². The van der Waals surface area contributed by atoms with Crippen molar-refractivity contribution in [2.75, 3.05) is 31.5 Å². The molecule has 2 aliphatic heterocycles. The fraction of sp³-hybridized carbons (Fsp3) is 0.286. The third kappa shape index (κ3) is 4.96. The van der Waals surface area contributed by atoms with Gasteiger partial charge in [-0.05, 0) is 74.3 Å². The molecule has 2 amide bonds. The first-order valence-corrected chi connectivity index (χ1v) is 12.2. The van der Waals surface area contributed by atoms with Gasteiger partial charge in [0.1, 0.15) is 5.82 Å². The van der Waals surface area contributed by atoms with Crippen molar-refractivity contribution in [2.45, 2.75) is 25.9 Å². The number of amides is 2. The Bertz CT molecular complexity index is 1340. The molecular formula is C28H29FN4O3. The van der Waals surface area contributed by atoms with Crippen LogP contribution in [0.2, 0.25) is 0 Å². The highest BCUT2D eigenvalue weighted by Crippen LogP contribution is 2.40. The largest absolute Gasteiger partial charge is 0.390 e. The van der Waals surface area contributed by atoms with E-state index in [4.69, 9.17) is 0 Å². The summed E-state index contributed by atoms with van der Waals surface area (Å²) in [5, 5.41) is 16.0. The van der Waals surface area contributed by atoms with Crippen molar-refractivity contribution in [1.82, 2.24) is 15.2 Å². The third-order valence-electron chi connectivity index (χ3n) is 6.64. The quantitative estimate of drug-likeness (QED) is 0.380. The highest BCUT2D eigenvalue weighted by atomic mass is 19.1. The van der Waals surface area contributed by atoms with Crippen LogP contribution >= 0.6 is 0 Å². The number of aryl methyl sites for hydroxylation is 1. The van der Waals surface area contributed by atoms with E-state index in [1.165, 1.54) is 12.1 Å². The highest BCUT2D eigenvalue weighted by molar-refractivity contribution is 6.36. The van der Waals surface area contributed by atoms with Crippen LogP contribution in [0, 0.1) is 12.7 Å². The summed E-state index contributed by atoms with van der Waals surface area (Å²) < 4.78 is 13.9. The van der Waals surface area contributed by atoms with E-state index in [9.17, 15) is 19.1 Å². The Balaban J connectivity index is 1.42. The van der Waals surface area contributed by atoms with Gasteiger partial charge >= 0.3 is 0 Å². The average Bonchev–Trinajstić information content (AvgIpc) is 3.57. The average molecular weight is 489 g/mol. The molecule has 0 radical (unpaired) electrons. The normalized spacial score (nSPS) is 17.3. The maximum Gasteiger partial charge on any atom is 0.256 e. The van der Waals surface area contributed by atoms with Gasteiger partial charge < -0.3 is 25.6 Å². The Labute approximate surface area is 209 Å². The van der Waals surface area contributed by atoms with E-state index < -0.39 is 6.10 Å². The Hall–Kier alpha value is -3.75. The first-order valence-electron chi connectivity index (χ1n) is 12.2. The zero-order valence-corrected chi connectivity index (χ0v) is 20.1. The number of β-amino-alcohol motifs (C(OH)–C–C–N with tert-alkyl or cyclic N) is 1. The van der Waals surface area contributed by atoms with Crippen molar-refractivity contribution in [1.29, 1.82) is 0 Å². The first-order chi connectivity index (χ1) is 17.4. The van der Waals surface area contributed by atoms with E-state index >= 15 is 0 Å². The van der Waals surface area contributed by atoms with E-state index in [2.05, 4.69) is 20.5 Å². The zero-order valence-electron chi connectivity index (χ0n) is 20.1. The first kappa shape index (κ1) is 24.0. The molecule has 186 valence electrons. The second kappa shape index (κ2) is 10.1. The fourth-order valence-corrected chi connectivity index (χ4v) is 4.97. The summed E-state index contributed by atoms with van der Waals surface area (Å²) >= 11 is 0. The topological polar surface area (TPSA) is 97.5 Å². The van der Waals surface area contributed by atoms with E-state index in [1.807, 2.05) is 19.1 Å². The molecule has 3 aromatic rings. The number of hydrogen-bond acceptors (Lipinski definition) is 4. The molecule has 3 heterocycles. The number of rotatable bonds is 7. The molecular weight excluding hydrogens is 459 g/mol. The third-order valence-corrected chi connectivity index (χ3v) is 6.64. The summed E-state index contributed by atoms with van der Waals surface area (Å²) in [6.45, 7) is 4.45. The summed E-state index contributed by atoms with van der Waals surface area (Å²) in [5.74, 6) is -0.990. The van der Waals surface area contributed by atoms with E-state index in [0.717, 1.165) is 37.2 Å². The summed E-state index contributed by atoms with van der Waals surface area (Å²) in [5.41, 5.74) is 4.69. The number of carbonyl (C=O) groups is 2. The molecule has 1 atom stereocenters. The summed E-state index contributed by atoms with van der Waals surface area (Å²) in [7, 11) is 0. The molecule has 0 aliphatic carbocycles. The van der Waals surface area contributed by atoms with Crippen LogP contribution in [-0.4, -0.2) is 59.1 Å². The number of carbonyl (C=O) groups excluding carboxylic acids is 2. The lowest BCUT2D eigenvalue weighted by atomic mass is 9.94. The molecule has 7 nitrogen and oxygen atoms in total. The molecule has 8 heteroatoms. The second-order valence-electron chi connectivity index (χ2n) is 9.40. The van der Waals surface area contributed by atoms with Crippen LogP contribution in [0.1, 0.15) is 40.2 Å². The van der Waals surface area contributed by atoms with Crippen molar-refractivity contribution in [3.63, 3.8) is 0 Å². The Morgan fingerprint density at radius 2 is 1.97 bits per heavy atom. The molecule has 4 N–H and O–H groups in total. The standard InChI is InChI=1S/C28H29FN4O3/c1-17-12-22(27(35)30-15-20(34)16-33-10-2-3-11-33)25(31-17)14-23-26-21(18-6-4-7-19(29)13-18)8-5-9-24(26)32-28(23)36/h4-9,12-14,20,31,34H,2-3,10-11,15-16H2,1H3,(H,30,35)(H,32,36). The molecule has 1 fully saturated rings. The maximum atomic E-state index is 13.9. The highest BCUT2D eigenvalue weighted by Gasteiger charge is 2.28. The predicted octanol–water partition coefficient (Wildman–Crippen LogP) is 3.81. The number of anilines is 1. The van der Waals surface area contributed by atoms with Crippen molar-refractivity contribution < 1.29 is 19.1 Å². The van der Waals surface area contributed by atoms with Gasteiger partial charge in [0.15, 0.2) is 0 Å². The Kier molecular flexibility index (Phi) is 6.71. The van der Waals surface area contributed by atoms with Crippen molar-refractivity contribution in [3.8, 4) is 11.1 Å². The number of aliphatic hydroxyl groups excluding tert-OH is 1. The molecule has 0 spiro atoms. The maximum absolute atomic E-state index is 13.9. The molecule has 1 unspecified atom stereocenters. The van der Waals surface area contributed by atoms with Gasteiger partial charge in [-0.1, -0.05) is 24.3 Å². The number of aromatic nitrogens is 1. The minimum Gasteiger partial charge on any atom is -0.390 e. The number of halogens is 1.